The van der Waals surface area contributed by atoms with E-state index in [1.54, 1.807) is 0 Å². The number of nitrogens with one attached hydrogen (secondary N) is 1. The standard InChI is InChI=1S/C16H30N4O/c1-14-15(11-16(21-14)12-17-2)13-20-9-7-19(8-10-20)6-5-18(3)4/h11,17H,5-10,12-13H2,1-4H3. The summed E-state index contributed by atoms with van der Waals surface area (Å²) in [6.45, 7) is 10.9. The first-order chi connectivity index (χ1) is 10.1. The molecule has 0 bridgehead atoms. The van der Waals surface area contributed by atoms with Crippen LogP contribution in [0.5, 0.6) is 0 Å². The highest BCUT2D eigenvalue weighted by molar-refractivity contribution is 5.20. The molecule has 0 radical (unpaired) electrons. The first kappa shape index (κ1) is 16.5. The van der Waals surface area contributed by atoms with E-state index >= 15 is 0 Å². The van der Waals surface area contributed by atoms with Crippen LogP contribution >= 0.6 is 0 Å². The summed E-state index contributed by atoms with van der Waals surface area (Å²) >= 11 is 0. The minimum absolute atomic E-state index is 0.805. The van der Waals surface area contributed by atoms with Gasteiger partial charge in [0.25, 0.3) is 0 Å². The van der Waals surface area contributed by atoms with E-state index in [4.69, 9.17) is 4.42 Å². The third-order valence-corrected chi connectivity index (χ3v) is 4.14. The van der Waals surface area contributed by atoms with Crippen LogP contribution in [0.2, 0.25) is 0 Å². The van der Waals surface area contributed by atoms with Crippen LogP contribution in [0.15, 0.2) is 10.5 Å². The first-order valence-electron chi connectivity index (χ1n) is 7.90. The van der Waals surface area contributed by atoms with Crippen molar-refractivity contribution in [2.75, 3.05) is 60.4 Å². The van der Waals surface area contributed by atoms with E-state index < -0.39 is 0 Å². The SMILES string of the molecule is CNCc1cc(CN2CCN(CCN(C)C)CC2)c(C)o1. The van der Waals surface area contributed by atoms with Crippen molar-refractivity contribution in [3.05, 3.63) is 23.2 Å². The number of likely N-dealkylation sites (N-methyl/N-ethyl adjacent to an activating group) is 1. The molecule has 0 unspecified atom stereocenters. The number of piperazine rings is 1. The molecule has 1 saturated heterocycles. The summed E-state index contributed by atoms with van der Waals surface area (Å²) in [6.07, 6.45) is 0. The number of hydrogen-bond donors (Lipinski definition) is 1. The zero-order valence-electron chi connectivity index (χ0n) is 14.0. The zero-order valence-corrected chi connectivity index (χ0v) is 14.0. The normalized spacial score (nSPS) is 17.8. The Balaban J connectivity index is 1.78. The van der Waals surface area contributed by atoms with E-state index in [2.05, 4.69) is 47.1 Å². The van der Waals surface area contributed by atoms with Crippen molar-refractivity contribution in [2.24, 2.45) is 0 Å². The Kier molecular flexibility index (Phi) is 6.23. The highest BCUT2D eigenvalue weighted by Gasteiger charge is 2.18. The minimum Gasteiger partial charge on any atom is -0.465 e. The number of hydrogen-bond acceptors (Lipinski definition) is 5. The fourth-order valence-electron chi connectivity index (χ4n) is 2.76. The second kappa shape index (κ2) is 7.94. The van der Waals surface area contributed by atoms with E-state index in [0.717, 1.165) is 44.2 Å². The Morgan fingerprint density at radius 1 is 1.19 bits per heavy atom. The Morgan fingerprint density at radius 2 is 1.86 bits per heavy atom. The summed E-state index contributed by atoms with van der Waals surface area (Å²) in [5, 5.41) is 3.14. The Bertz CT molecular complexity index is 422. The van der Waals surface area contributed by atoms with Gasteiger partial charge in [-0.25, -0.2) is 0 Å². The molecule has 0 spiro atoms. The van der Waals surface area contributed by atoms with Crippen LogP contribution < -0.4 is 5.32 Å². The average Bonchev–Trinajstić information content (AvgIpc) is 2.78. The molecule has 1 N–H and O–H groups in total. The van der Waals surface area contributed by atoms with E-state index in [9.17, 15) is 0 Å². The molecule has 2 heterocycles. The Labute approximate surface area is 128 Å². The quantitative estimate of drug-likeness (QED) is 0.811. The summed E-state index contributed by atoms with van der Waals surface area (Å²) < 4.78 is 5.78. The van der Waals surface area contributed by atoms with Gasteiger partial charge in [0.15, 0.2) is 0 Å². The summed E-state index contributed by atoms with van der Waals surface area (Å²) in [7, 11) is 6.23. The summed E-state index contributed by atoms with van der Waals surface area (Å²) in [5.74, 6) is 2.10. The molecular weight excluding hydrogens is 264 g/mol. The van der Waals surface area contributed by atoms with Gasteiger partial charge in [-0.3, -0.25) is 9.80 Å². The van der Waals surface area contributed by atoms with E-state index in [-0.39, 0.29) is 0 Å². The van der Waals surface area contributed by atoms with Gasteiger partial charge in [0, 0.05) is 51.4 Å². The van der Waals surface area contributed by atoms with Crippen LogP contribution in [0.1, 0.15) is 17.1 Å². The van der Waals surface area contributed by atoms with E-state index in [1.165, 1.54) is 25.2 Å². The predicted octanol–water partition coefficient (Wildman–Crippen LogP) is 0.987. The number of rotatable bonds is 7. The van der Waals surface area contributed by atoms with Crippen molar-refractivity contribution in [1.29, 1.82) is 0 Å². The molecule has 5 nitrogen and oxygen atoms in total. The lowest BCUT2D eigenvalue weighted by Crippen LogP contribution is -2.47. The molecule has 2 rings (SSSR count). The van der Waals surface area contributed by atoms with Gasteiger partial charge in [-0.2, -0.15) is 0 Å². The molecule has 1 aromatic heterocycles. The second-order valence-electron chi connectivity index (χ2n) is 6.25. The molecule has 1 aliphatic heterocycles. The third-order valence-electron chi connectivity index (χ3n) is 4.14. The van der Waals surface area contributed by atoms with Gasteiger partial charge in [0.1, 0.15) is 11.5 Å². The highest BCUT2D eigenvalue weighted by Crippen LogP contribution is 2.17. The van der Waals surface area contributed by atoms with Crippen LogP contribution in [0.3, 0.4) is 0 Å². The molecule has 0 saturated carbocycles. The molecule has 1 fully saturated rings. The van der Waals surface area contributed by atoms with Crippen molar-refractivity contribution >= 4 is 0 Å². The maximum Gasteiger partial charge on any atom is 0.118 e. The van der Waals surface area contributed by atoms with Crippen LogP contribution in [-0.4, -0.2) is 75.1 Å². The Morgan fingerprint density at radius 3 is 2.48 bits per heavy atom. The van der Waals surface area contributed by atoms with Crippen molar-refractivity contribution in [3.8, 4) is 0 Å². The smallest absolute Gasteiger partial charge is 0.118 e. The lowest BCUT2D eigenvalue weighted by atomic mass is 10.2. The second-order valence-corrected chi connectivity index (χ2v) is 6.25. The van der Waals surface area contributed by atoms with Gasteiger partial charge < -0.3 is 14.6 Å². The molecule has 0 amide bonds. The van der Waals surface area contributed by atoms with Gasteiger partial charge in [-0.15, -0.1) is 0 Å². The monoisotopic (exact) mass is 294 g/mol. The average molecular weight is 294 g/mol. The topological polar surface area (TPSA) is 34.9 Å². The van der Waals surface area contributed by atoms with Gasteiger partial charge in [0.2, 0.25) is 0 Å². The molecule has 0 aromatic carbocycles. The van der Waals surface area contributed by atoms with E-state index in [0.29, 0.717) is 0 Å². The third kappa shape index (κ3) is 5.11. The lowest BCUT2D eigenvalue weighted by Gasteiger charge is -2.35. The molecule has 21 heavy (non-hydrogen) atoms. The zero-order chi connectivity index (χ0) is 15.2. The molecule has 120 valence electrons. The van der Waals surface area contributed by atoms with Crippen molar-refractivity contribution in [2.45, 2.75) is 20.0 Å². The fourth-order valence-corrected chi connectivity index (χ4v) is 2.76. The van der Waals surface area contributed by atoms with Crippen LogP contribution in [0.25, 0.3) is 0 Å². The van der Waals surface area contributed by atoms with Crippen molar-refractivity contribution in [1.82, 2.24) is 20.0 Å². The van der Waals surface area contributed by atoms with Crippen LogP contribution in [0.4, 0.5) is 0 Å². The molecule has 0 atom stereocenters. The molecule has 1 aromatic rings. The maximum absolute atomic E-state index is 5.78. The minimum atomic E-state index is 0.805. The summed E-state index contributed by atoms with van der Waals surface area (Å²) in [6, 6.07) is 2.20. The lowest BCUT2D eigenvalue weighted by molar-refractivity contribution is 0.120. The first-order valence-corrected chi connectivity index (χ1v) is 7.90. The van der Waals surface area contributed by atoms with Crippen molar-refractivity contribution < 1.29 is 4.42 Å². The van der Waals surface area contributed by atoms with Gasteiger partial charge in [0.05, 0.1) is 6.54 Å². The van der Waals surface area contributed by atoms with Gasteiger partial charge in [-0.05, 0) is 34.1 Å². The van der Waals surface area contributed by atoms with E-state index in [1.807, 2.05) is 7.05 Å². The molecule has 0 aliphatic carbocycles. The number of aryl methyl sites for hydroxylation is 1. The largest absolute Gasteiger partial charge is 0.465 e. The molecule has 1 aliphatic rings. The summed E-state index contributed by atoms with van der Waals surface area (Å²) in [4.78, 5) is 7.35. The predicted molar refractivity (Wildman–Crippen MR) is 86.5 cm³/mol. The molecule has 5 heteroatoms. The number of furan rings is 1. The van der Waals surface area contributed by atoms with Crippen LogP contribution in [-0.2, 0) is 13.1 Å². The maximum atomic E-state index is 5.78. The number of nitrogens with zero attached hydrogens (tertiary/aromatic N) is 3. The Hall–Kier alpha value is -0.880. The highest BCUT2D eigenvalue weighted by atomic mass is 16.3. The van der Waals surface area contributed by atoms with Crippen LogP contribution in [0, 0.1) is 6.92 Å². The summed E-state index contributed by atoms with van der Waals surface area (Å²) in [5.41, 5.74) is 1.34. The van der Waals surface area contributed by atoms with Gasteiger partial charge in [-0.1, -0.05) is 0 Å². The molecular formula is C16H30N4O. The van der Waals surface area contributed by atoms with Gasteiger partial charge >= 0.3 is 0 Å². The fraction of sp³-hybridized carbons (Fsp3) is 0.750. The van der Waals surface area contributed by atoms with Crippen molar-refractivity contribution in [3.63, 3.8) is 0 Å².